The zero-order valence-electron chi connectivity index (χ0n) is 14.7. The quantitative estimate of drug-likeness (QED) is 0.706. The zero-order chi connectivity index (χ0) is 17.2. The summed E-state index contributed by atoms with van der Waals surface area (Å²) in [5.41, 5.74) is 10.7. The van der Waals surface area contributed by atoms with Crippen LogP contribution in [0.2, 0.25) is 0 Å². The summed E-state index contributed by atoms with van der Waals surface area (Å²) in [7, 11) is 0. The second-order valence-corrected chi connectivity index (χ2v) is 6.86. The van der Waals surface area contributed by atoms with Gasteiger partial charge in [0.1, 0.15) is 0 Å². The van der Waals surface area contributed by atoms with Gasteiger partial charge in [-0.2, -0.15) is 0 Å². The van der Waals surface area contributed by atoms with Gasteiger partial charge < -0.3 is 10.6 Å². The van der Waals surface area contributed by atoms with E-state index in [0.29, 0.717) is 5.92 Å². The summed E-state index contributed by atoms with van der Waals surface area (Å²) in [5.74, 6) is 0.602. The maximum Gasteiger partial charge on any atom is 0.0541 e. The minimum Gasteiger partial charge on any atom is -0.398 e. The maximum atomic E-state index is 6.22. The highest BCUT2D eigenvalue weighted by atomic mass is 15.2. The minimum absolute atomic E-state index is 0.602. The fraction of sp³-hybridized carbons (Fsp3) is 0.217. The molecule has 2 aliphatic carbocycles. The van der Waals surface area contributed by atoms with Crippen LogP contribution in [0.3, 0.4) is 0 Å². The van der Waals surface area contributed by atoms with E-state index in [4.69, 9.17) is 5.73 Å². The maximum absolute atomic E-state index is 6.22. The fourth-order valence-electron chi connectivity index (χ4n) is 3.58. The van der Waals surface area contributed by atoms with E-state index in [1.165, 1.54) is 22.5 Å². The Balaban J connectivity index is 1.90. The van der Waals surface area contributed by atoms with Crippen LogP contribution in [-0.2, 0) is 0 Å². The molecular weight excluding hydrogens is 304 g/mol. The topological polar surface area (TPSA) is 29.3 Å². The number of benzene rings is 2. The summed E-state index contributed by atoms with van der Waals surface area (Å²) in [5, 5.41) is 2.30. The van der Waals surface area contributed by atoms with Crippen LogP contribution < -0.4 is 10.6 Å². The molecule has 2 N–H and O–H groups in total. The Bertz CT molecular complexity index is 915. The molecule has 0 aromatic heterocycles. The van der Waals surface area contributed by atoms with Gasteiger partial charge in [0.25, 0.3) is 0 Å². The summed E-state index contributed by atoms with van der Waals surface area (Å²) >= 11 is 0. The Hall–Kier alpha value is -2.74. The van der Waals surface area contributed by atoms with Crippen LogP contribution >= 0.6 is 0 Å². The Kier molecular flexibility index (Phi) is 4.19. The normalized spacial score (nSPS) is 19.6. The first-order valence-electron chi connectivity index (χ1n) is 9.06. The molecule has 0 fully saturated rings. The van der Waals surface area contributed by atoms with Gasteiger partial charge in [-0.3, -0.25) is 0 Å². The molecule has 1 atom stereocenters. The molecule has 2 nitrogen and oxygen atoms in total. The number of nitrogen functional groups attached to an aromatic ring is 1. The Morgan fingerprint density at radius 1 is 0.920 bits per heavy atom. The lowest BCUT2D eigenvalue weighted by molar-refractivity contribution is 0.727. The van der Waals surface area contributed by atoms with Crippen molar-refractivity contribution in [3.8, 4) is 0 Å². The molecular formula is C23H24N2. The molecule has 2 aromatic rings. The van der Waals surface area contributed by atoms with E-state index in [1.54, 1.807) is 0 Å². The molecule has 0 heterocycles. The van der Waals surface area contributed by atoms with E-state index in [-0.39, 0.29) is 0 Å². The van der Waals surface area contributed by atoms with Crippen molar-refractivity contribution < 1.29 is 0 Å². The number of anilines is 2. The van der Waals surface area contributed by atoms with E-state index in [9.17, 15) is 0 Å². The molecule has 126 valence electrons. The lowest BCUT2D eigenvalue weighted by Gasteiger charge is -2.31. The highest BCUT2D eigenvalue weighted by Crippen LogP contribution is 2.37. The summed E-state index contributed by atoms with van der Waals surface area (Å²) < 4.78 is 0. The van der Waals surface area contributed by atoms with E-state index in [0.717, 1.165) is 30.3 Å². The molecule has 1 unspecified atom stereocenters. The standard InChI is InChI=1S/C23H24N2/c1-17-11-13-19(14-12-17)25(18-7-3-2-4-8-18)23-16-15-22(24)20-9-5-6-10-21(20)23/h3,5-11,13-17H,2,4,12,24H2,1H3. The van der Waals surface area contributed by atoms with E-state index >= 15 is 0 Å². The number of rotatable bonds is 3. The van der Waals surface area contributed by atoms with Crippen LogP contribution in [-0.4, -0.2) is 0 Å². The third-order valence-electron chi connectivity index (χ3n) is 4.96. The predicted octanol–water partition coefficient (Wildman–Crippen LogP) is 5.94. The van der Waals surface area contributed by atoms with Crippen molar-refractivity contribution in [3.63, 3.8) is 0 Å². The average Bonchev–Trinajstić information content (AvgIpc) is 2.66. The lowest BCUT2D eigenvalue weighted by Crippen LogP contribution is -2.22. The van der Waals surface area contributed by atoms with Crippen molar-refractivity contribution in [2.75, 3.05) is 10.6 Å². The van der Waals surface area contributed by atoms with Crippen molar-refractivity contribution in [1.29, 1.82) is 0 Å². The van der Waals surface area contributed by atoms with Crippen LogP contribution in [0.15, 0.2) is 84.2 Å². The van der Waals surface area contributed by atoms with Crippen LogP contribution in [0, 0.1) is 5.92 Å². The largest absolute Gasteiger partial charge is 0.398 e. The van der Waals surface area contributed by atoms with Crippen LogP contribution in [0.25, 0.3) is 10.8 Å². The number of fused-ring (bicyclic) bond motifs is 1. The van der Waals surface area contributed by atoms with Gasteiger partial charge in [0.05, 0.1) is 5.69 Å². The fourth-order valence-corrected chi connectivity index (χ4v) is 3.58. The summed E-state index contributed by atoms with van der Waals surface area (Å²) in [6.45, 7) is 2.26. The van der Waals surface area contributed by atoms with E-state index in [2.05, 4.69) is 72.5 Å². The molecule has 2 heteroatoms. The second kappa shape index (κ2) is 6.64. The Morgan fingerprint density at radius 3 is 2.44 bits per heavy atom. The van der Waals surface area contributed by atoms with Crippen molar-refractivity contribution in [1.82, 2.24) is 0 Å². The molecule has 0 spiro atoms. The molecule has 2 aliphatic rings. The Labute approximate surface area is 149 Å². The van der Waals surface area contributed by atoms with Crippen LogP contribution in [0.4, 0.5) is 11.4 Å². The zero-order valence-corrected chi connectivity index (χ0v) is 14.7. The van der Waals surface area contributed by atoms with Gasteiger partial charge in [0.15, 0.2) is 0 Å². The molecule has 4 rings (SSSR count). The number of nitrogens with zero attached hydrogens (tertiary/aromatic N) is 1. The van der Waals surface area contributed by atoms with Gasteiger partial charge in [0, 0.05) is 27.9 Å². The first-order valence-corrected chi connectivity index (χ1v) is 9.06. The second-order valence-electron chi connectivity index (χ2n) is 6.86. The minimum atomic E-state index is 0.602. The number of hydrogen-bond donors (Lipinski definition) is 1. The van der Waals surface area contributed by atoms with E-state index in [1.807, 2.05) is 12.1 Å². The van der Waals surface area contributed by atoms with E-state index < -0.39 is 0 Å². The number of allylic oxidation sites excluding steroid dienone is 6. The SMILES string of the molecule is CC1C=CC(N(C2=CCCC=C2)c2ccc(N)c3ccccc23)=CC1. The first kappa shape index (κ1) is 15.8. The molecule has 0 saturated carbocycles. The van der Waals surface area contributed by atoms with Gasteiger partial charge in [-0.1, -0.05) is 55.5 Å². The Morgan fingerprint density at radius 2 is 1.72 bits per heavy atom. The summed E-state index contributed by atoms with van der Waals surface area (Å²) in [6.07, 6.45) is 17.0. The number of hydrogen-bond acceptors (Lipinski definition) is 2. The third-order valence-corrected chi connectivity index (χ3v) is 4.96. The lowest BCUT2D eigenvalue weighted by atomic mass is 9.98. The molecule has 0 radical (unpaired) electrons. The highest BCUT2D eigenvalue weighted by Gasteiger charge is 2.19. The molecule has 25 heavy (non-hydrogen) atoms. The first-order chi connectivity index (χ1) is 12.2. The van der Waals surface area contributed by atoms with Gasteiger partial charge >= 0.3 is 0 Å². The van der Waals surface area contributed by atoms with Gasteiger partial charge in [-0.25, -0.2) is 0 Å². The molecule has 0 bridgehead atoms. The third kappa shape index (κ3) is 3.00. The smallest absolute Gasteiger partial charge is 0.0541 e. The molecule has 2 aromatic carbocycles. The highest BCUT2D eigenvalue weighted by molar-refractivity contribution is 6.02. The van der Waals surface area contributed by atoms with Gasteiger partial charge in [-0.05, 0) is 49.5 Å². The van der Waals surface area contributed by atoms with Crippen molar-refractivity contribution >= 4 is 22.1 Å². The van der Waals surface area contributed by atoms with Crippen molar-refractivity contribution in [2.45, 2.75) is 26.2 Å². The summed E-state index contributed by atoms with van der Waals surface area (Å²) in [4.78, 5) is 2.37. The molecule has 0 aliphatic heterocycles. The van der Waals surface area contributed by atoms with Crippen molar-refractivity contribution in [2.24, 2.45) is 5.92 Å². The van der Waals surface area contributed by atoms with Gasteiger partial charge in [0.2, 0.25) is 0 Å². The van der Waals surface area contributed by atoms with Crippen LogP contribution in [0.1, 0.15) is 26.2 Å². The molecule has 0 amide bonds. The van der Waals surface area contributed by atoms with Crippen LogP contribution in [0.5, 0.6) is 0 Å². The molecule has 0 saturated heterocycles. The van der Waals surface area contributed by atoms with Crippen molar-refractivity contribution in [3.05, 3.63) is 84.2 Å². The van der Waals surface area contributed by atoms with Gasteiger partial charge in [-0.15, -0.1) is 0 Å². The average molecular weight is 328 g/mol. The predicted molar refractivity (Wildman–Crippen MR) is 108 cm³/mol. The summed E-state index contributed by atoms with van der Waals surface area (Å²) in [6, 6.07) is 12.6. The monoisotopic (exact) mass is 328 g/mol. The number of nitrogens with two attached hydrogens (primary N) is 1.